The summed E-state index contributed by atoms with van der Waals surface area (Å²) in [4.78, 5) is 0. The van der Waals surface area contributed by atoms with Crippen molar-refractivity contribution in [2.24, 2.45) is 0 Å². The van der Waals surface area contributed by atoms with Crippen molar-refractivity contribution in [3.63, 3.8) is 0 Å². The zero-order valence-electron chi connectivity index (χ0n) is 1.99. The summed E-state index contributed by atoms with van der Waals surface area (Å²) < 4.78 is 0. The summed E-state index contributed by atoms with van der Waals surface area (Å²) in [6.45, 7) is 0. The molecule has 0 bridgehead atoms. The van der Waals surface area contributed by atoms with Crippen LogP contribution in [0.25, 0.3) is 0 Å². The van der Waals surface area contributed by atoms with Gasteiger partial charge in [-0.1, -0.05) is 14.9 Å². The molecular formula is C3H11WY-. The Kier molecular flexibility index (Phi) is 588. The van der Waals surface area contributed by atoms with Gasteiger partial charge in [-0.3, -0.25) is 0 Å². The minimum atomic E-state index is 0. The summed E-state index contributed by atoms with van der Waals surface area (Å²) in [5.41, 5.74) is 0. The third-order valence-corrected chi connectivity index (χ3v) is 0. The van der Waals surface area contributed by atoms with E-state index in [1.165, 1.54) is 0 Å². The van der Waals surface area contributed by atoms with Gasteiger partial charge in [0.15, 0.2) is 0 Å². The van der Waals surface area contributed by atoms with E-state index in [-0.39, 0.29) is 76.1 Å². The van der Waals surface area contributed by atoms with Crippen LogP contribution < -0.4 is 0 Å². The number of hydrogen-bond donors (Lipinski definition) is 0. The van der Waals surface area contributed by atoms with E-state index in [1.807, 2.05) is 0 Å². The normalized spacial score (nSPS) is 0. The van der Waals surface area contributed by atoms with Crippen molar-refractivity contribution in [3.8, 4) is 0 Å². The molecule has 0 spiro atoms. The van der Waals surface area contributed by atoms with Gasteiger partial charge in [0.25, 0.3) is 0 Å². The third-order valence-electron chi connectivity index (χ3n) is 0. The van der Waals surface area contributed by atoms with Crippen LogP contribution in [0.3, 0.4) is 0 Å². The Morgan fingerprint density at radius 1 is 0.800 bits per heavy atom. The first-order valence-electron chi connectivity index (χ1n) is 0. The fourth-order valence-corrected chi connectivity index (χ4v) is 0. The van der Waals surface area contributed by atoms with E-state index in [0.29, 0.717) is 0 Å². The van der Waals surface area contributed by atoms with Gasteiger partial charge in [0.2, 0.25) is 0 Å². The number of hydrogen-bond acceptors (Lipinski definition) is 0. The minimum absolute atomic E-state index is 0. The molecule has 0 aromatic carbocycles. The van der Waals surface area contributed by atoms with Crippen LogP contribution >= 0.6 is 0 Å². The molecule has 33 valence electrons. The van der Waals surface area contributed by atoms with Crippen LogP contribution in [-0.2, 0) is 53.8 Å². The first-order valence-corrected chi connectivity index (χ1v) is 0. The Hall–Kier alpha value is 1.79. The molecule has 5 heavy (non-hydrogen) atoms. The fraction of sp³-hybridized carbons (Fsp3) is 0.667. The predicted octanol–water partition coefficient (Wildman–Crippen LogP) is 1.72. The van der Waals surface area contributed by atoms with Crippen molar-refractivity contribution >= 4 is 0 Å². The molecule has 0 aliphatic carbocycles. The quantitative estimate of drug-likeness (QED) is 0.596. The minimum Gasteiger partial charge on any atom is -0.358 e. The van der Waals surface area contributed by atoms with Crippen LogP contribution in [0.1, 0.15) is 14.9 Å². The summed E-state index contributed by atoms with van der Waals surface area (Å²) in [5, 5.41) is 0. The van der Waals surface area contributed by atoms with Crippen molar-refractivity contribution in [1.29, 1.82) is 0 Å². The molecule has 0 nitrogen and oxygen atoms in total. The van der Waals surface area contributed by atoms with Crippen LogP contribution in [0.5, 0.6) is 0 Å². The molecule has 0 rings (SSSR count). The first-order chi connectivity index (χ1) is 0. The van der Waals surface area contributed by atoms with Gasteiger partial charge in [-0.25, -0.2) is 0 Å². The predicted molar refractivity (Wildman–Crippen MR) is 19.9 cm³/mol. The van der Waals surface area contributed by atoms with E-state index in [1.54, 1.807) is 0 Å². The summed E-state index contributed by atoms with van der Waals surface area (Å²) in [6.07, 6.45) is 0. The average molecular weight is 320 g/mol. The Morgan fingerprint density at radius 3 is 0.800 bits per heavy atom. The van der Waals surface area contributed by atoms with E-state index >= 15 is 0 Å². The molecule has 0 atom stereocenters. The van der Waals surface area contributed by atoms with Crippen LogP contribution in [-0.4, -0.2) is 0 Å². The van der Waals surface area contributed by atoms with Crippen molar-refractivity contribution < 1.29 is 53.8 Å². The van der Waals surface area contributed by atoms with Crippen molar-refractivity contribution in [1.82, 2.24) is 0 Å². The van der Waals surface area contributed by atoms with Gasteiger partial charge in [-0.15, -0.1) is 0 Å². The Balaban J connectivity index is 0. The van der Waals surface area contributed by atoms with Gasteiger partial charge in [-0.05, 0) is 0 Å². The molecule has 0 amide bonds. The molecule has 0 saturated heterocycles. The van der Waals surface area contributed by atoms with Crippen molar-refractivity contribution in [2.45, 2.75) is 14.9 Å². The second kappa shape index (κ2) is 41.4. The van der Waals surface area contributed by atoms with Crippen molar-refractivity contribution in [2.75, 3.05) is 0 Å². The average Bonchev–Trinajstić information content (AvgIpc) is 0. The maximum absolute atomic E-state index is 0. The van der Waals surface area contributed by atoms with E-state index in [9.17, 15) is 0 Å². The van der Waals surface area contributed by atoms with Crippen molar-refractivity contribution in [3.05, 3.63) is 7.43 Å². The molecule has 0 aliphatic heterocycles. The zero-order valence-corrected chi connectivity index (χ0v) is 7.76. The zero-order chi connectivity index (χ0) is 0. The van der Waals surface area contributed by atoms with Gasteiger partial charge in [0.05, 0.1) is 0 Å². The summed E-state index contributed by atoms with van der Waals surface area (Å²) in [7, 11) is 0. The molecule has 0 aromatic rings. The van der Waals surface area contributed by atoms with Gasteiger partial charge >= 0.3 is 0 Å². The third kappa shape index (κ3) is 25.9. The van der Waals surface area contributed by atoms with E-state index in [4.69, 9.17) is 0 Å². The maximum Gasteiger partial charge on any atom is 0 e. The Labute approximate surface area is 75.3 Å². The molecule has 0 unspecified atom stereocenters. The summed E-state index contributed by atoms with van der Waals surface area (Å²) >= 11 is 0. The summed E-state index contributed by atoms with van der Waals surface area (Å²) in [6, 6.07) is 0. The molecule has 0 aliphatic rings. The van der Waals surface area contributed by atoms with Gasteiger partial charge in [0.1, 0.15) is 0 Å². The van der Waals surface area contributed by atoms with Gasteiger partial charge < -0.3 is 7.43 Å². The molecule has 0 fully saturated rings. The van der Waals surface area contributed by atoms with Gasteiger partial charge in [-0.2, -0.15) is 0 Å². The second-order valence-electron chi connectivity index (χ2n) is 0. The van der Waals surface area contributed by atoms with E-state index < -0.39 is 0 Å². The smallest absolute Gasteiger partial charge is 0 e. The standard InChI is InChI=1S/2CH4.CH3.W.Y/h2*1H4;1H3;;/q;;-1;;. The van der Waals surface area contributed by atoms with Crippen LogP contribution in [0.15, 0.2) is 0 Å². The molecule has 0 aromatic heterocycles. The largest absolute Gasteiger partial charge is 0.358 e. The van der Waals surface area contributed by atoms with Crippen LogP contribution in [0.4, 0.5) is 0 Å². The molecule has 0 N–H and O–H groups in total. The summed E-state index contributed by atoms with van der Waals surface area (Å²) in [5.74, 6) is 0. The topological polar surface area (TPSA) is 0 Å². The molecular weight excluding hydrogens is 309 g/mol. The maximum atomic E-state index is 0. The fourth-order valence-electron chi connectivity index (χ4n) is 0. The van der Waals surface area contributed by atoms with Crippen LogP contribution in [0.2, 0.25) is 0 Å². The second-order valence-corrected chi connectivity index (χ2v) is 0. The van der Waals surface area contributed by atoms with Gasteiger partial charge in [0, 0.05) is 53.8 Å². The van der Waals surface area contributed by atoms with Crippen LogP contribution in [0, 0.1) is 7.43 Å². The molecule has 2 heteroatoms. The van der Waals surface area contributed by atoms with E-state index in [2.05, 4.69) is 0 Å². The molecule has 1 radical (unpaired) electrons. The molecule has 0 heterocycles. The Bertz CT molecular complexity index is 6.85. The molecule has 0 saturated carbocycles. The number of rotatable bonds is 0. The first kappa shape index (κ1) is 70.9. The monoisotopic (exact) mass is 320 g/mol. The SMILES string of the molecule is C.C.[CH3-].[W].[Y]. The Morgan fingerprint density at radius 2 is 0.800 bits per heavy atom. The van der Waals surface area contributed by atoms with E-state index in [0.717, 1.165) is 0 Å².